The number of sulfone groups is 1. The molecular formula is C12H20N2O2S. The Labute approximate surface area is 103 Å². The fraction of sp³-hybridized carbons (Fsp3) is 0.583. The number of nitrogens with one attached hydrogen (secondary N) is 1. The average molecular weight is 256 g/mol. The van der Waals surface area contributed by atoms with Gasteiger partial charge in [0.05, 0.1) is 17.5 Å². The first-order valence-electron chi connectivity index (χ1n) is 5.77. The highest BCUT2D eigenvalue weighted by atomic mass is 32.2. The molecule has 96 valence electrons. The summed E-state index contributed by atoms with van der Waals surface area (Å²) in [6, 6.07) is 5.82. The Morgan fingerprint density at radius 2 is 2.12 bits per heavy atom. The van der Waals surface area contributed by atoms with Crippen LogP contribution < -0.4 is 5.32 Å². The van der Waals surface area contributed by atoms with Crippen LogP contribution in [0.5, 0.6) is 0 Å². The molecule has 1 unspecified atom stereocenters. The van der Waals surface area contributed by atoms with Crippen LogP contribution >= 0.6 is 0 Å². The standard InChI is InChI=1S/C12H20N2O2S/c1-4-13-11(8-9-17(3,15)16)12-7-5-6-10(2)14-12/h5-7,11,13H,4,8-9H2,1-3H3. The van der Waals surface area contributed by atoms with Gasteiger partial charge in [-0.05, 0) is 32.0 Å². The molecule has 5 heteroatoms. The van der Waals surface area contributed by atoms with Gasteiger partial charge in [0.2, 0.25) is 0 Å². The first-order valence-corrected chi connectivity index (χ1v) is 7.83. The summed E-state index contributed by atoms with van der Waals surface area (Å²) in [7, 11) is -2.92. The molecule has 0 amide bonds. The number of aromatic nitrogens is 1. The van der Waals surface area contributed by atoms with Crippen molar-refractivity contribution in [2.75, 3.05) is 18.6 Å². The van der Waals surface area contributed by atoms with Crippen LogP contribution in [0.1, 0.15) is 30.8 Å². The largest absolute Gasteiger partial charge is 0.309 e. The van der Waals surface area contributed by atoms with Gasteiger partial charge in [-0.25, -0.2) is 8.42 Å². The van der Waals surface area contributed by atoms with Crippen molar-refractivity contribution in [3.05, 3.63) is 29.6 Å². The second-order valence-electron chi connectivity index (χ2n) is 4.23. The molecule has 0 spiro atoms. The van der Waals surface area contributed by atoms with Crippen molar-refractivity contribution in [3.8, 4) is 0 Å². The van der Waals surface area contributed by atoms with E-state index >= 15 is 0 Å². The van der Waals surface area contributed by atoms with E-state index in [2.05, 4.69) is 10.3 Å². The molecule has 0 aliphatic carbocycles. The van der Waals surface area contributed by atoms with Gasteiger partial charge in [-0.2, -0.15) is 0 Å². The normalized spacial score (nSPS) is 13.6. The topological polar surface area (TPSA) is 59.1 Å². The van der Waals surface area contributed by atoms with E-state index in [9.17, 15) is 8.42 Å². The van der Waals surface area contributed by atoms with Crippen molar-refractivity contribution >= 4 is 9.84 Å². The van der Waals surface area contributed by atoms with Gasteiger partial charge in [-0.3, -0.25) is 4.98 Å². The molecule has 0 saturated carbocycles. The summed E-state index contributed by atoms with van der Waals surface area (Å²) in [6.07, 6.45) is 1.82. The molecule has 1 heterocycles. The van der Waals surface area contributed by atoms with E-state index in [4.69, 9.17) is 0 Å². The minimum atomic E-state index is -2.92. The lowest BCUT2D eigenvalue weighted by atomic mass is 10.1. The monoisotopic (exact) mass is 256 g/mol. The first-order chi connectivity index (χ1) is 7.92. The van der Waals surface area contributed by atoms with Gasteiger partial charge in [-0.1, -0.05) is 13.0 Å². The summed E-state index contributed by atoms with van der Waals surface area (Å²) >= 11 is 0. The van der Waals surface area contributed by atoms with Gasteiger partial charge < -0.3 is 5.32 Å². The molecule has 1 rings (SSSR count). The van der Waals surface area contributed by atoms with E-state index < -0.39 is 9.84 Å². The maximum Gasteiger partial charge on any atom is 0.147 e. The van der Waals surface area contributed by atoms with Crippen LogP contribution in [-0.4, -0.2) is 32.0 Å². The molecule has 1 atom stereocenters. The molecule has 0 aliphatic rings. The van der Waals surface area contributed by atoms with E-state index in [0.717, 1.165) is 17.9 Å². The highest BCUT2D eigenvalue weighted by Gasteiger charge is 2.14. The minimum Gasteiger partial charge on any atom is -0.309 e. The molecule has 4 nitrogen and oxygen atoms in total. The molecule has 0 aliphatic heterocycles. The van der Waals surface area contributed by atoms with Crippen LogP contribution in [0.15, 0.2) is 18.2 Å². The summed E-state index contributed by atoms with van der Waals surface area (Å²) in [6.45, 7) is 4.73. The van der Waals surface area contributed by atoms with E-state index in [1.165, 1.54) is 6.26 Å². The molecule has 17 heavy (non-hydrogen) atoms. The van der Waals surface area contributed by atoms with Crippen LogP contribution in [0, 0.1) is 6.92 Å². The predicted octanol–water partition coefficient (Wildman–Crippen LogP) is 1.48. The fourth-order valence-electron chi connectivity index (χ4n) is 1.69. The van der Waals surface area contributed by atoms with Gasteiger partial charge in [-0.15, -0.1) is 0 Å². The van der Waals surface area contributed by atoms with Crippen LogP contribution in [0.3, 0.4) is 0 Å². The third-order valence-electron chi connectivity index (χ3n) is 2.49. The Morgan fingerprint density at radius 1 is 1.41 bits per heavy atom. The maximum atomic E-state index is 11.2. The third kappa shape index (κ3) is 5.28. The van der Waals surface area contributed by atoms with Crippen molar-refractivity contribution in [2.45, 2.75) is 26.3 Å². The zero-order valence-electron chi connectivity index (χ0n) is 10.6. The summed E-state index contributed by atoms with van der Waals surface area (Å²) in [5.74, 6) is 0.181. The average Bonchev–Trinajstić information content (AvgIpc) is 2.23. The Bertz CT molecular complexity index is 457. The maximum absolute atomic E-state index is 11.2. The number of hydrogen-bond donors (Lipinski definition) is 1. The Morgan fingerprint density at radius 3 is 2.65 bits per heavy atom. The van der Waals surface area contributed by atoms with Gasteiger partial charge in [0.1, 0.15) is 9.84 Å². The van der Waals surface area contributed by atoms with E-state index in [0.29, 0.717) is 6.42 Å². The van der Waals surface area contributed by atoms with Gasteiger partial charge in [0.25, 0.3) is 0 Å². The van der Waals surface area contributed by atoms with E-state index in [1.54, 1.807) is 0 Å². The fourth-order valence-corrected chi connectivity index (χ4v) is 2.35. The van der Waals surface area contributed by atoms with E-state index in [1.807, 2.05) is 32.0 Å². The highest BCUT2D eigenvalue weighted by molar-refractivity contribution is 7.90. The number of rotatable bonds is 6. The van der Waals surface area contributed by atoms with Crippen molar-refractivity contribution in [1.82, 2.24) is 10.3 Å². The zero-order valence-corrected chi connectivity index (χ0v) is 11.4. The second kappa shape index (κ2) is 6.12. The quantitative estimate of drug-likeness (QED) is 0.837. The third-order valence-corrected chi connectivity index (χ3v) is 3.47. The Kier molecular flexibility index (Phi) is 5.08. The van der Waals surface area contributed by atoms with Gasteiger partial charge in [0, 0.05) is 11.9 Å². The van der Waals surface area contributed by atoms with Crippen molar-refractivity contribution in [2.24, 2.45) is 0 Å². The molecule has 1 aromatic heterocycles. The summed E-state index contributed by atoms with van der Waals surface area (Å²) in [4.78, 5) is 4.44. The van der Waals surface area contributed by atoms with Crippen LogP contribution in [0.2, 0.25) is 0 Å². The van der Waals surface area contributed by atoms with Gasteiger partial charge in [0.15, 0.2) is 0 Å². The van der Waals surface area contributed by atoms with Crippen LogP contribution in [0.4, 0.5) is 0 Å². The van der Waals surface area contributed by atoms with E-state index in [-0.39, 0.29) is 11.8 Å². The first kappa shape index (κ1) is 14.1. The number of hydrogen-bond acceptors (Lipinski definition) is 4. The number of pyridine rings is 1. The highest BCUT2D eigenvalue weighted by Crippen LogP contribution is 2.15. The SMILES string of the molecule is CCNC(CCS(C)(=O)=O)c1cccc(C)n1. The summed E-state index contributed by atoms with van der Waals surface area (Å²) in [5.41, 5.74) is 1.86. The molecule has 0 radical (unpaired) electrons. The van der Waals surface area contributed by atoms with Crippen molar-refractivity contribution in [1.29, 1.82) is 0 Å². The molecule has 0 saturated heterocycles. The lowest BCUT2D eigenvalue weighted by molar-refractivity contribution is 0.518. The van der Waals surface area contributed by atoms with Gasteiger partial charge >= 0.3 is 0 Å². The summed E-state index contributed by atoms with van der Waals surface area (Å²) < 4.78 is 22.4. The Hall–Kier alpha value is -0.940. The van der Waals surface area contributed by atoms with Crippen molar-refractivity contribution in [3.63, 3.8) is 0 Å². The predicted molar refractivity (Wildman–Crippen MR) is 69.7 cm³/mol. The molecule has 0 aromatic carbocycles. The lowest BCUT2D eigenvalue weighted by Crippen LogP contribution is -2.24. The van der Waals surface area contributed by atoms with Crippen molar-refractivity contribution < 1.29 is 8.42 Å². The minimum absolute atomic E-state index is 0.00891. The Balaban J connectivity index is 2.78. The number of nitrogens with zero attached hydrogens (tertiary/aromatic N) is 1. The van der Waals surface area contributed by atoms with Crippen LogP contribution in [-0.2, 0) is 9.84 Å². The van der Waals surface area contributed by atoms with Crippen LogP contribution in [0.25, 0.3) is 0 Å². The lowest BCUT2D eigenvalue weighted by Gasteiger charge is -2.17. The molecule has 0 bridgehead atoms. The molecule has 0 fully saturated rings. The smallest absolute Gasteiger partial charge is 0.147 e. The molecular weight excluding hydrogens is 236 g/mol. The number of aryl methyl sites for hydroxylation is 1. The molecule has 1 aromatic rings. The second-order valence-corrected chi connectivity index (χ2v) is 6.49. The molecule has 1 N–H and O–H groups in total. The summed E-state index contributed by atoms with van der Waals surface area (Å²) in [5, 5.41) is 3.27. The zero-order chi connectivity index (χ0) is 12.9.